The molecule has 1 aliphatic carbocycles. The molecule has 0 spiro atoms. The van der Waals surface area contributed by atoms with Crippen LogP contribution >= 0.6 is 11.8 Å². The van der Waals surface area contributed by atoms with E-state index in [9.17, 15) is 14.7 Å². The molecule has 1 saturated heterocycles. The zero-order valence-electron chi connectivity index (χ0n) is 14.1. The maximum absolute atomic E-state index is 12.5. The van der Waals surface area contributed by atoms with Gasteiger partial charge in [-0.15, -0.1) is 11.8 Å². The van der Waals surface area contributed by atoms with E-state index in [1.54, 1.807) is 11.8 Å². The summed E-state index contributed by atoms with van der Waals surface area (Å²) >= 11 is 1.55. The number of amides is 1. The SMILES string of the molecule is O=C(O)C1CCSCN1C(=O)OCC1c2ccccc2-c2ccccc21. The molecule has 1 unspecified atom stereocenters. The van der Waals surface area contributed by atoms with Crippen LogP contribution < -0.4 is 0 Å². The highest BCUT2D eigenvalue weighted by Crippen LogP contribution is 2.44. The summed E-state index contributed by atoms with van der Waals surface area (Å²) < 4.78 is 5.57. The Balaban J connectivity index is 1.53. The second kappa shape index (κ2) is 7.03. The standard InChI is InChI=1S/C20H19NO4S/c22-19(23)18-9-10-26-12-21(18)20(24)25-11-17-15-7-3-1-5-13(15)14-6-2-4-8-16(14)17/h1-8,17-18H,9-12H2,(H,22,23). The lowest BCUT2D eigenvalue weighted by Gasteiger charge is -2.31. The Bertz CT molecular complexity index is 808. The third-order valence-corrected chi connectivity index (χ3v) is 5.98. The van der Waals surface area contributed by atoms with E-state index in [4.69, 9.17) is 4.74 Å². The van der Waals surface area contributed by atoms with Crippen molar-refractivity contribution in [3.8, 4) is 11.1 Å². The van der Waals surface area contributed by atoms with E-state index >= 15 is 0 Å². The fourth-order valence-corrected chi connectivity index (χ4v) is 4.72. The quantitative estimate of drug-likeness (QED) is 0.892. The first-order valence-corrected chi connectivity index (χ1v) is 9.74. The molecule has 26 heavy (non-hydrogen) atoms. The predicted molar refractivity (Wildman–Crippen MR) is 100 cm³/mol. The van der Waals surface area contributed by atoms with Crippen LogP contribution in [0.2, 0.25) is 0 Å². The van der Waals surface area contributed by atoms with Gasteiger partial charge in [-0.05, 0) is 34.4 Å². The number of thioether (sulfide) groups is 1. The minimum atomic E-state index is -0.973. The summed E-state index contributed by atoms with van der Waals surface area (Å²) in [6.07, 6.45) is -0.101. The Morgan fingerprint density at radius 1 is 1.08 bits per heavy atom. The topological polar surface area (TPSA) is 66.8 Å². The lowest BCUT2D eigenvalue weighted by Crippen LogP contribution is -2.48. The van der Waals surface area contributed by atoms with Gasteiger partial charge in [-0.25, -0.2) is 9.59 Å². The molecule has 6 heteroatoms. The van der Waals surface area contributed by atoms with E-state index in [2.05, 4.69) is 24.3 Å². The van der Waals surface area contributed by atoms with Crippen molar-refractivity contribution in [1.29, 1.82) is 0 Å². The third kappa shape index (κ3) is 2.94. The van der Waals surface area contributed by atoms with Gasteiger partial charge in [-0.2, -0.15) is 0 Å². The Kier molecular flexibility index (Phi) is 4.59. The number of aliphatic carboxylic acids is 1. The van der Waals surface area contributed by atoms with Gasteiger partial charge in [0.2, 0.25) is 0 Å². The molecule has 2 aliphatic rings. The Morgan fingerprint density at radius 2 is 1.69 bits per heavy atom. The van der Waals surface area contributed by atoms with Gasteiger partial charge in [-0.1, -0.05) is 48.5 Å². The minimum absolute atomic E-state index is 0.0212. The summed E-state index contributed by atoms with van der Waals surface area (Å²) in [5.41, 5.74) is 4.62. The fourth-order valence-electron chi connectivity index (χ4n) is 3.72. The van der Waals surface area contributed by atoms with Crippen LogP contribution in [0.1, 0.15) is 23.5 Å². The molecule has 1 aliphatic heterocycles. The number of carboxylic acid groups (broad SMARTS) is 1. The van der Waals surface area contributed by atoms with Crippen molar-refractivity contribution in [1.82, 2.24) is 4.90 Å². The number of hydrogen-bond donors (Lipinski definition) is 1. The Labute approximate surface area is 156 Å². The van der Waals surface area contributed by atoms with E-state index in [-0.39, 0.29) is 12.5 Å². The van der Waals surface area contributed by atoms with Crippen molar-refractivity contribution < 1.29 is 19.4 Å². The number of carbonyl (C=O) groups excluding carboxylic acids is 1. The summed E-state index contributed by atoms with van der Waals surface area (Å²) in [4.78, 5) is 25.2. The molecular formula is C20H19NO4S. The van der Waals surface area contributed by atoms with Gasteiger partial charge < -0.3 is 9.84 Å². The van der Waals surface area contributed by atoms with Gasteiger partial charge in [0.1, 0.15) is 12.6 Å². The molecule has 5 nitrogen and oxygen atoms in total. The maximum Gasteiger partial charge on any atom is 0.411 e. The van der Waals surface area contributed by atoms with Crippen LogP contribution in [-0.4, -0.2) is 46.3 Å². The van der Waals surface area contributed by atoms with Gasteiger partial charge in [0.15, 0.2) is 0 Å². The maximum atomic E-state index is 12.5. The summed E-state index contributed by atoms with van der Waals surface area (Å²) in [6.45, 7) is 0.209. The van der Waals surface area contributed by atoms with Gasteiger partial charge in [0.25, 0.3) is 0 Å². The first-order chi connectivity index (χ1) is 12.7. The molecule has 1 fully saturated rings. The highest BCUT2D eigenvalue weighted by atomic mass is 32.2. The van der Waals surface area contributed by atoms with Crippen LogP contribution in [0.15, 0.2) is 48.5 Å². The second-order valence-electron chi connectivity index (χ2n) is 6.45. The fraction of sp³-hybridized carbons (Fsp3) is 0.300. The van der Waals surface area contributed by atoms with Crippen molar-refractivity contribution in [3.05, 3.63) is 59.7 Å². The second-order valence-corrected chi connectivity index (χ2v) is 7.53. The van der Waals surface area contributed by atoms with Crippen LogP contribution in [0.5, 0.6) is 0 Å². The van der Waals surface area contributed by atoms with Crippen LogP contribution in [0.25, 0.3) is 11.1 Å². The molecule has 1 amide bonds. The zero-order valence-corrected chi connectivity index (χ0v) is 14.9. The summed E-state index contributed by atoms with van der Waals surface area (Å²) in [6, 6.07) is 15.5. The molecule has 0 bridgehead atoms. The number of fused-ring (bicyclic) bond motifs is 3. The van der Waals surface area contributed by atoms with Crippen LogP contribution in [0.4, 0.5) is 4.79 Å². The molecule has 0 radical (unpaired) electrons. The van der Waals surface area contributed by atoms with Crippen LogP contribution in [0.3, 0.4) is 0 Å². The van der Waals surface area contributed by atoms with Crippen molar-refractivity contribution in [2.75, 3.05) is 18.2 Å². The minimum Gasteiger partial charge on any atom is -0.480 e. The lowest BCUT2D eigenvalue weighted by atomic mass is 9.98. The number of rotatable bonds is 3. The Hall–Kier alpha value is -2.47. The summed E-state index contributed by atoms with van der Waals surface area (Å²) in [7, 11) is 0. The summed E-state index contributed by atoms with van der Waals surface area (Å²) in [5, 5.41) is 9.34. The zero-order chi connectivity index (χ0) is 18.1. The average molecular weight is 369 g/mol. The molecular weight excluding hydrogens is 350 g/mol. The van der Waals surface area contributed by atoms with E-state index in [0.29, 0.717) is 12.3 Å². The molecule has 2 aromatic carbocycles. The average Bonchev–Trinajstić information content (AvgIpc) is 3.00. The molecule has 0 aromatic heterocycles. The van der Waals surface area contributed by atoms with Gasteiger partial charge in [-0.3, -0.25) is 4.90 Å². The van der Waals surface area contributed by atoms with Gasteiger partial charge >= 0.3 is 12.1 Å². The largest absolute Gasteiger partial charge is 0.480 e. The van der Waals surface area contributed by atoms with Crippen LogP contribution in [-0.2, 0) is 9.53 Å². The monoisotopic (exact) mass is 369 g/mol. The summed E-state index contributed by atoms with van der Waals surface area (Å²) in [5.74, 6) is 0.100. The van der Waals surface area contributed by atoms with E-state index in [1.807, 2.05) is 24.3 Å². The van der Waals surface area contributed by atoms with Crippen molar-refractivity contribution in [3.63, 3.8) is 0 Å². The van der Waals surface area contributed by atoms with Gasteiger partial charge in [0.05, 0.1) is 5.88 Å². The highest BCUT2D eigenvalue weighted by Gasteiger charge is 2.35. The van der Waals surface area contributed by atoms with Crippen molar-refractivity contribution in [2.45, 2.75) is 18.4 Å². The number of nitrogens with zero attached hydrogens (tertiary/aromatic N) is 1. The molecule has 2 aromatic rings. The number of carbonyl (C=O) groups is 2. The first-order valence-electron chi connectivity index (χ1n) is 8.59. The highest BCUT2D eigenvalue weighted by molar-refractivity contribution is 7.99. The molecule has 134 valence electrons. The molecule has 1 heterocycles. The van der Waals surface area contributed by atoms with E-state index in [0.717, 1.165) is 16.9 Å². The first kappa shape index (κ1) is 17.0. The number of hydrogen-bond acceptors (Lipinski definition) is 4. The molecule has 4 rings (SSSR count). The Morgan fingerprint density at radius 3 is 2.31 bits per heavy atom. The normalized spacial score (nSPS) is 18.9. The lowest BCUT2D eigenvalue weighted by molar-refractivity contribution is -0.142. The molecule has 0 saturated carbocycles. The number of benzene rings is 2. The molecule has 1 atom stereocenters. The van der Waals surface area contributed by atoms with Crippen LogP contribution in [0, 0.1) is 0 Å². The van der Waals surface area contributed by atoms with E-state index < -0.39 is 18.1 Å². The molecule has 1 N–H and O–H groups in total. The smallest absolute Gasteiger partial charge is 0.411 e. The predicted octanol–water partition coefficient (Wildman–Crippen LogP) is 3.79. The number of carboxylic acids is 1. The van der Waals surface area contributed by atoms with Crippen molar-refractivity contribution in [2.24, 2.45) is 0 Å². The number of ether oxygens (including phenoxy) is 1. The third-order valence-electron chi connectivity index (χ3n) is 5.00. The van der Waals surface area contributed by atoms with Crippen molar-refractivity contribution >= 4 is 23.8 Å². The van der Waals surface area contributed by atoms with E-state index in [1.165, 1.54) is 16.0 Å². The van der Waals surface area contributed by atoms with Gasteiger partial charge in [0, 0.05) is 5.92 Å².